The van der Waals surface area contributed by atoms with Crippen molar-refractivity contribution in [2.24, 2.45) is 0 Å². The molecule has 0 amide bonds. The van der Waals surface area contributed by atoms with Gasteiger partial charge in [0.2, 0.25) is 0 Å². The smallest absolute Gasteiger partial charge is 0.0463 e. The van der Waals surface area contributed by atoms with Crippen LogP contribution in [0.5, 0.6) is 0 Å². The van der Waals surface area contributed by atoms with Crippen molar-refractivity contribution in [1.29, 1.82) is 0 Å². The first-order valence-corrected chi connectivity index (χ1v) is 5.82. The highest BCUT2D eigenvalue weighted by atomic mass is 35.5. The van der Waals surface area contributed by atoms with Gasteiger partial charge in [0.1, 0.15) is 0 Å². The van der Waals surface area contributed by atoms with E-state index in [-0.39, 0.29) is 0 Å². The van der Waals surface area contributed by atoms with Crippen LogP contribution >= 0.6 is 11.6 Å². The molecule has 0 radical (unpaired) electrons. The molecule has 2 heterocycles. The molecule has 0 fully saturated rings. The molecule has 0 aliphatic rings. The van der Waals surface area contributed by atoms with Gasteiger partial charge in [0, 0.05) is 45.1 Å². The Morgan fingerprint density at radius 2 is 2.12 bits per heavy atom. The fourth-order valence-corrected chi connectivity index (χ4v) is 2.35. The van der Waals surface area contributed by atoms with Crippen LogP contribution in [0.1, 0.15) is 5.69 Å². The molecule has 17 heavy (non-hydrogen) atoms. The van der Waals surface area contributed by atoms with Gasteiger partial charge >= 0.3 is 0 Å². The lowest BCUT2D eigenvalue weighted by molar-refractivity contribution is 1.28. The predicted octanol–water partition coefficient (Wildman–Crippen LogP) is 4.19. The SMILES string of the molecule is Cc1[nH]c2ccc(Cl)cc2c1-c1cccnc1. The lowest BCUT2D eigenvalue weighted by Gasteiger charge is -2.00. The number of nitrogens with one attached hydrogen (secondary N) is 1. The van der Waals surface area contributed by atoms with Crippen molar-refractivity contribution in [3.63, 3.8) is 0 Å². The summed E-state index contributed by atoms with van der Waals surface area (Å²) in [5, 5.41) is 1.89. The number of rotatable bonds is 1. The Kier molecular flexibility index (Phi) is 2.37. The number of nitrogens with zero attached hydrogens (tertiary/aromatic N) is 1. The molecule has 2 aromatic heterocycles. The second-order valence-corrected chi connectivity index (χ2v) is 4.49. The Morgan fingerprint density at radius 1 is 1.24 bits per heavy atom. The number of H-pyrrole nitrogens is 1. The molecule has 0 aliphatic heterocycles. The van der Waals surface area contributed by atoms with Crippen LogP contribution in [0.2, 0.25) is 5.02 Å². The third-order valence-corrected chi connectivity index (χ3v) is 3.13. The first-order chi connectivity index (χ1) is 8.25. The lowest BCUT2D eigenvalue weighted by Crippen LogP contribution is -1.80. The monoisotopic (exact) mass is 242 g/mol. The summed E-state index contributed by atoms with van der Waals surface area (Å²) in [6.07, 6.45) is 3.65. The normalized spacial score (nSPS) is 10.9. The van der Waals surface area contributed by atoms with E-state index < -0.39 is 0 Å². The number of hydrogen-bond donors (Lipinski definition) is 1. The van der Waals surface area contributed by atoms with Gasteiger partial charge in [-0.1, -0.05) is 17.7 Å². The minimum Gasteiger partial charge on any atom is -0.358 e. The first-order valence-electron chi connectivity index (χ1n) is 5.44. The number of fused-ring (bicyclic) bond motifs is 1. The lowest BCUT2D eigenvalue weighted by atomic mass is 10.0. The van der Waals surface area contributed by atoms with Crippen LogP contribution in [-0.2, 0) is 0 Å². The molecule has 0 atom stereocenters. The summed E-state index contributed by atoms with van der Waals surface area (Å²) in [7, 11) is 0. The van der Waals surface area contributed by atoms with Crippen LogP contribution in [-0.4, -0.2) is 9.97 Å². The number of pyridine rings is 1. The van der Waals surface area contributed by atoms with E-state index in [1.165, 1.54) is 5.56 Å². The fourth-order valence-electron chi connectivity index (χ4n) is 2.18. The Morgan fingerprint density at radius 3 is 2.88 bits per heavy atom. The van der Waals surface area contributed by atoms with E-state index in [0.29, 0.717) is 0 Å². The van der Waals surface area contributed by atoms with E-state index in [2.05, 4.69) is 23.0 Å². The predicted molar refractivity (Wildman–Crippen MR) is 71.3 cm³/mol. The number of hydrogen-bond acceptors (Lipinski definition) is 1. The second-order valence-electron chi connectivity index (χ2n) is 4.06. The number of aryl methyl sites for hydroxylation is 1. The largest absolute Gasteiger partial charge is 0.358 e. The fraction of sp³-hybridized carbons (Fsp3) is 0.0714. The van der Waals surface area contributed by atoms with E-state index >= 15 is 0 Å². The van der Waals surface area contributed by atoms with Crippen molar-refractivity contribution in [2.75, 3.05) is 0 Å². The molecule has 2 nitrogen and oxygen atoms in total. The summed E-state index contributed by atoms with van der Waals surface area (Å²) < 4.78 is 0. The number of aromatic nitrogens is 2. The average Bonchev–Trinajstić information content (AvgIpc) is 2.65. The first kappa shape index (κ1) is 10.4. The molecular weight excluding hydrogens is 232 g/mol. The second kappa shape index (κ2) is 3.90. The molecule has 0 saturated heterocycles. The molecule has 3 rings (SSSR count). The number of benzene rings is 1. The van der Waals surface area contributed by atoms with Gasteiger partial charge in [-0.05, 0) is 31.2 Å². The van der Waals surface area contributed by atoms with Crippen molar-refractivity contribution in [3.8, 4) is 11.1 Å². The molecule has 0 saturated carbocycles. The maximum absolute atomic E-state index is 6.06. The summed E-state index contributed by atoms with van der Waals surface area (Å²) in [4.78, 5) is 7.53. The Balaban J connectivity index is 2.35. The van der Waals surface area contributed by atoms with E-state index in [4.69, 9.17) is 11.6 Å². The van der Waals surface area contributed by atoms with Crippen LogP contribution < -0.4 is 0 Å². The molecular formula is C14H11ClN2. The van der Waals surface area contributed by atoms with Crippen molar-refractivity contribution >= 4 is 22.5 Å². The van der Waals surface area contributed by atoms with E-state index in [9.17, 15) is 0 Å². The maximum Gasteiger partial charge on any atom is 0.0463 e. The van der Waals surface area contributed by atoms with Gasteiger partial charge in [-0.2, -0.15) is 0 Å². The zero-order valence-corrected chi connectivity index (χ0v) is 10.1. The van der Waals surface area contributed by atoms with Gasteiger partial charge in [-0.25, -0.2) is 0 Å². The summed E-state index contributed by atoms with van der Waals surface area (Å²) in [5.41, 5.74) is 4.52. The van der Waals surface area contributed by atoms with E-state index in [0.717, 1.165) is 27.2 Å². The molecule has 84 valence electrons. The number of aromatic amines is 1. The van der Waals surface area contributed by atoms with Crippen LogP contribution in [0.25, 0.3) is 22.0 Å². The quantitative estimate of drug-likeness (QED) is 0.681. The molecule has 1 aromatic carbocycles. The summed E-state index contributed by atoms with van der Waals surface area (Å²) in [5.74, 6) is 0. The summed E-state index contributed by atoms with van der Waals surface area (Å²) >= 11 is 6.06. The van der Waals surface area contributed by atoms with Crippen molar-refractivity contribution < 1.29 is 0 Å². The minimum atomic E-state index is 0.752. The Hall–Kier alpha value is -1.80. The standard InChI is InChI=1S/C14H11ClN2/c1-9-14(10-3-2-6-16-8-10)12-7-11(15)4-5-13(12)17-9/h2-8,17H,1H3. The maximum atomic E-state index is 6.06. The molecule has 3 heteroatoms. The van der Waals surface area contributed by atoms with Crippen LogP contribution in [0.3, 0.4) is 0 Å². The van der Waals surface area contributed by atoms with Gasteiger partial charge < -0.3 is 4.98 Å². The number of halogens is 1. The van der Waals surface area contributed by atoms with Crippen LogP contribution in [0.4, 0.5) is 0 Å². The van der Waals surface area contributed by atoms with Crippen LogP contribution in [0.15, 0.2) is 42.7 Å². The van der Waals surface area contributed by atoms with E-state index in [1.54, 1.807) is 6.20 Å². The third kappa shape index (κ3) is 1.71. The van der Waals surface area contributed by atoms with Gasteiger partial charge in [0.15, 0.2) is 0 Å². The van der Waals surface area contributed by atoms with Crippen LogP contribution in [0, 0.1) is 6.92 Å². The summed E-state index contributed by atoms with van der Waals surface area (Å²) in [6, 6.07) is 9.89. The average molecular weight is 243 g/mol. The molecule has 3 aromatic rings. The molecule has 0 bridgehead atoms. The molecule has 1 N–H and O–H groups in total. The highest BCUT2D eigenvalue weighted by Gasteiger charge is 2.10. The Bertz CT molecular complexity index is 671. The van der Waals surface area contributed by atoms with Gasteiger partial charge in [-0.3, -0.25) is 4.98 Å². The zero-order chi connectivity index (χ0) is 11.8. The molecule has 0 unspecified atom stereocenters. The third-order valence-electron chi connectivity index (χ3n) is 2.90. The summed E-state index contributed by atoms with van der Waals surface area (Å²) in [6.45, 7) is 2.07. The van der Waals surface area contributed by atoms with E-state index in [1.807, 2.05) is 30.5 Å². The van der Waals surface area contributed by atoms with Crippen molar-refractivity contribution in [1.82, 2.24) is 9.97 Å². The highest BCUT2D eigenvalue weighted by molar-refractivity contribution is 6.31. The van der Waals surface area contributed by atoms with Crippen molar-refractivity contribution in [2.45, 2.75) is 6.92 Å². The zero-order valence-electron chi connectivity index (χ0n) is 9.37. The van der Waals surface area contributed by atoms with Crippen molar-refractivity contribution in [3.05, 3.63) is 53.4 Å². The van der Waals surface area contributed by atoms with Gasteiger partial charge in [-0.15, -0.1) is 0 Å². The minimum absolute atomic E-state index is 0.752. The van der Waals surface area contributed by atoms with Gasteiger partial charge in [0.05, 0.1) is 0 Å². The highest BCUT2D eigenvalue weighted by Crippen LogP contribution is 2.32. The molecule has 0 spiro atoms. The van der Waals surface area contributed by atoms with Gasteiger partial charge in [0.25, 0.3) is 0 Å². The Labute approximate surface area is 104 Å². The molecule has 0 aliphatic carbocycles. The topological polar surface area (TPSA) is 28.7 Å².